The van der Waals surface area contributed by atoms with Gasteiger partial charge in [0.1, 0.15) is 17.8 Å². The van der Waals surface area contributed by atoms with Crippen molar-refractivity contribution >= 4 is 71.4 Å². The summed E-state index contributed by atoms with van der Waals surface area (Å²) in [6.45, 7) is 10.2. The molecule has 2 aromatic carbocycles. The molecule has 13 N–H and O–H groups in total. The molecule has 20 heteroatoms. The van der Waals surface area contributed by atoms with Crippen LogP contribution < -0.4 is 53.6 Å². The Kier molecular flexibility index (Phi) is 22.2. The molecule has 0 heterocycles. The SMILES string of the molecule is CC(=O)N[C@@H](CC(C)C)C(=O)N[C@@H](Cc1ccc(O)cc1)C(=O)N[C@@H](CCCN=C(N)N)C(=O)N[C@@H](C)C(=O)N[C@@H](CC(N)=O)C(=O)N[C@@H](CC(C)C)C(=O)[Se]c1ccccc1. The van der Waals surface area contributed by atoms with Gasteiger partial charge in [0.25, 0.3) is 0 Å². The first-order valence-corrected chi connectivity index (χ1v) is 22.0. The van der Waals surface area contributed by atoms with E-state index >= 15 is 0 Å². The zero-order chi connectivity index (χ0) is 46.5. The van der Waals surface area contributed by atoms with E-state index in [4.69, 9.17) is 17.2 Å². The Morgan fingerprint density at radius 2 is 1.15 bits per heavy atom. The van der Waals surface area contributed by atoms with Gasteiger partial charge in [-0.05, 0) is 36.5 Å². The van der Waals surface area contributed by atoms with E-state index < -0.39 is 99.0 Å². The fourth-order valence-corrected chi connectivity index (χ4v) is 7.79. The Morgan fingerprint density at radius 1 is 0.629 bits per heavy atom. The van der Waals surface area contributed by atoms with Gasteiger partial charge < -0.3 is 27.2 Å². The van der Waals surface area contributed by atoms with Gasteiger partial charge in [-0.1, -0.05) is 26.0 Å². The van der Waals surface area contributed by atoms with Gasteiger partial charge in [0.05, 0.1) is 0 Å². The molecule has 19 nitrogen and oxygen atoms in total. The van der Waals surface area contributed by atoms with Crippen LogP contribution in [0.25, 0.3) is 0 Å². The first kappa shape index (κ1) is 52.1. The minimum atomic E-state index is -1.50. The molecule has 2 rings (SSSR count). The van der Waals surface area contributed by atoms with Crippen molar-refractivity contribution in [2.45, 2.75) is 116 Å². The average molecular weight is 930 g/mol. The second kappa shape index (κ2) is 26.4. The number of primary amides is 1. The number of aromatic hydroxyl groups is 1. The van der Waals surface area contributed by atoms with Crippen molar-refractivity contribution < 1.29 is 43.5 Å². The summed E-state index contributed by atoms with van der Waals surface area (Å²) in [5.41, 5.74) is 16.9. The molecule has 0 aliphatic rings. The molecular formula is C42H62N10O9Se. The van der Waals surface area contributed by atoms with Crippen LogP contribution >= 0.6 is 0 Å². The van der Waals surface area contributed by atoms with E-state index in [9.17, 15) is 43.5 Å². The molecule has 62 heavy (non-hydrogen) atoms. The molecule has 0 saturated carbocycles. The molecular weight excluding hydrogens is 867 g/mol. The number of phenolic OH excluding ortho intramolecular Hbond substituents is 1. The molecule has 7 amide bonds. The van der Waals surface area contributed by atoms with Gasteiger partial charge in [-0.25, -0.2) is 0 Å². The predicted molar refractivity (Wildman–Crippen MR) is 234 cm³/mol. The summed E-state index contributed by atoms with van der Waals surface area (Å²) >= 11 is -0.634. The number of carbonyl (C=O) groups is 8. The summed E-state index contributed by atoms with van der Waals surface area (Å²) in [6, 6.07) is 7.67. The number of aliphatic imine (C=N–C) groups is 1. The van der Waals surface area contributed by atoms with E-state index in [2.05, 4.69) is 36.9 Å². The molecule has 0 unspecified atom stereocenters. The monoisotopic (exact) mass is 930 g/mol. The molecule has 340 valence electrons. The number of benzene rings is 2. The van der Waals surface area contributed by atoms with Crippen molar-refractivity contribution in [3.63, 3.8) is 0 Å². The molecule has 0 aromatic heterocycles. The van der Waals surface area contributed by atoms with Gasteiger partial charge in [0.2, 0.25) is 17.7 Å². The number of carbonyl (C=O) groups excluding carboxylic acids is 8. The van der Waals surface area contributed by atoms with Crippen molar-refractivity contribution in [3.05, 3.63) is 60.2 Å². The van der Waals surface area contributed by atoms with Gasteiger partial charge in [-0.2, -0.15) is 0 Å². The number of nitrogens with two attached hydrogens (primary N) is 3. The van der Waals surface area contributed by atoms with E-state index in [1.54, 1.807) is 24.3 Å². The number of amides is 7. The van der Waals surface area contributed by atoms with Gasteiger partial charge >= 0.3 is 199 Å². The van der Waals surface area contributed by atoms with E-state index in [-0.39, 0.29) is 60.5 Å². The maximum atomic E-state index is 14.0. The van der Waals surface area contributed by atoms with Crippen molar-refractivity contribution in [1.82, 2.24) is 31.9 Å². The topological polar surface area (TPSA) is 319 Å². The first-order chi connectivity index (χ1) is 29.1. The summed E-state index contributed by atoms with van der Waals surface area (Å²) in [4.78, 5) is 110. The van der Waals surface area contributed by atoms with Crippen molar-refractivity contribution in [1.29, 1.82) is 0 Å². The minimum absolute atomic E-state index is 0.00323. The van der Waals surface area contributed by atoms with Crippen molar-refractivity contribution in [2.24, 2.45) is 34.0 Å². The Hall–Kier alpha value is -6.01. The number of nitrogens with one attached hydrogen (secondary N) is 6. The van der Waals surface area contributed by atoms with Crippen LogP contribution in [0.3, 0.4) is 0 Å². The molecule has 0 radical (unpaired) electrons. The number of guanidine groups is 1. The van der Waals surface area contributed by atoms with Crippen LogP contribution in [0.2, 0.25) is 0 Å². The number of phenols is 1. The van der Waals surface area contributed by atoms with Crippen LogP contribution in [0.5, 0.6) is 5.75 Å². The van der Waals surface area contributed by atoms with Crippen LogP contribution in [-0.4, -0.2) is 115 Å². The van der Waals surface area contributed by atoms with E-state index in [1.165, 1.54) is 26.0 Å². The number of hydrogen-bond donors (Lipinski definition) is 10. The number of rotatable bonds is 26. The zero-order valence-corrected chi connectivity index (χ0v) is 37.8. The van der Waals surface area contributed by atoms with Crippen LogP contribution in [-0.2, 0) is 44.8 Å². The third kappa shape index (κ3) is 20.0. The second-order valence-corrected chi connectivity index (χ2v) is 18.0. The third-order valence-electron chi connectivity index (χ3n) is 9.05. The summed E-state index contributed by atoms with van der Waals surface area (Å²) in [6.07, 6.45) is 0.0328. The molecule has 0 bridgehead atoms. The molecule has 6 atom stereocenters. The Bertz CT molecular complexity index is 1880. The van der Waals surface area contributed by atoms with Crippen molar-refractivity contribution in [3.8, 4) is 5.75 Å². The second-order valence-electron chi connectivity index (χ2n) is 15.7. The van der Waals surface area contributed by atoms with Crippen LogP contribution in [0.4, 0.5) is 0 Å². The van der Waals surface area contributed by atoms with E-state index in [0.29, 0.717) is 12.0 Å². The summed E-state index contributed by atoms with van der Waals surface area (Å²) in [5, 5.41) is 25.4. The number of hydrogen-bond acceptors (Lipinski definition) is 10. The van der Waals surface area contributed by atoms with Gasteiger partial charge in [0, 0.05) is 19.9 Å². The normalized spacial score (nSPS) is 13.9. The predicted octanol–water partition coefficient (Wildman–Crippen LogP) is -1.54. The van der Waals surface area contributed by atoms with Crippen LogP contribution in [0.1, 0.15) is 79.2 Å². The maximum absolute atomic E-state index is 14.0. The van der Waals surface area contributed by atoms with E-state index in [1.807, 2.05) is 45.9 Å². The average Bonchev–Trinajstić information content (AvgIpc) is 3.18. The summed E-state index contributed by atoms with van der Waals surface area (Å²) < 4.78 is 0.594. The van der Waals surface area contributed by atoms with Gasteiger partial charge in [-0.3, -0.25) is 19.4 Å². The zero-order valence-electron chi connectivity index (χ0n) is 36.1. The standard InChI is InChI=1S/C42H62N10O9Se/c1-23(2)19-31(48-26(6)53)38(58)51-32(21-27-14-16-28(54)17-15-27)39(59)49-30(13-10-18-46-42(44)45)37(57)47-25(5)36(56)50-33(22-35(43)55)40(60)52-34(20-24(3)4)41(61)62-29-11-8-7-9-12-29/h7-9,11-12,14-17,23-25,30-34,54H,10,13,18-22H2,1-6H3,(H2,43,55)(H,47,57)(H,48,53)(H,49,59)(H,50,56)(H,51,58)(H,52,60)(H4,44,45,46)/t25-,30-,31-,32-,33-,34-/m0/s1. The summed E-state index contributed by atoms with van der Waals surface area (Å²) in [5.74, 6) is -5.52. The third-order valence-corrected chi connectivity index (χ3v) is 11.1. The van der Waals surface area contributed by atoms with Gasteiger partial charge in [-0.15, -0.1) is 0 Å². The van der Waals surface area contributed by atoms with Crippen LogP contribution in [0.15, 0.2) is 59.6 Å². The summed E-state index contributed by atoms with van der Waals surface area (Å²) in [7, 11) is 0. The van der Waals surface area contributed by atoms with E-state index in [0.717, 1.165) is 4.46 Å². The first-order valence-electron chi connectivity index (χ1n) is 20.3. The number of nitrogens with zero attached hydrogens (tertiary/aromatic N) is 1. The molecule has 0 spiro atoms. The Labute approximate surface area is 368 Å². The molecule has 2 aromatic rings. The molecule has 0 aliphatic carbocycles. The Morgan fingerprint density at radius 3 is 1.71 bits per heavy atom. The molecule has 0 fully saturated rings. The Balaban J connectivity index is 2.33. The molecule has 0 saturated heterocycles. The fraction of sp³-hybridized carbons (Fsp3) is 0.500. The van der Waals surface area contributed by atoms with Crippen molar-refractivity contribution in [2.75, 3.05) is 6.54 Å². The van der Waals surface area contributed by atoms with Gasteiger partial charge in [0.15, 0.2) is 5.96 Å². The fourth-order valence-electron chi connectivity index (χ4n) is 6.06. The quantitative estimate of drug-likeness (QED) is 0.0223. The van der Waals surface area contributed by atoms with Crippen LogP contribution in [0, 0.1) is 11.8 Å². The molecule has 0 aliphatic heterocycles.